The van der Waals surface area contributed by atoms with Crippen molar-refractivity contribution in [3.05, 3.63) is 27.7 Å². The van der Waals surface area contributed by atoms with Crippen molar-refractivity contribution in [3.8, 4) is 0 Å². The first-order valence-electron chi connectivity index (χ1n) is 3.25. The van der Waals surface area contributed by atoms with Crippen molar-refractivity contribution in [2.45, 2.75) is 0 Å². The fraction of sp³-hybridized carbons (Fsp3) is 0. The molecular weight excluding hydrogens is 180 g/mol. The molecule has 1 aromatic carbocycles. The van der Waals surface area contributed by atoms with Crippen molar-refractivity contribution >= 4 is 28.4 Å². The highest BCUT2D eigenvalue weighted by molar-refractivity contribution is 6.37. The van der Waals surface area contributed by atoms with E-state index in [-0.39, 0.29) is 5.02 Å². The van der Waals surface area contributed by atoms with Gasteiger partial charge in [-0.3, -0.25) is 4.98 Å². The Kier molecular flexibility index (Phi) is 1.38. The summed E-state index contributed by atoms with van der Waals surface area (Å²) in [5, 5.41) is 0.269. The summed E-state index contributed by atoms with van der Waals surface area (Å²) in [6, 6.07) is 3.25. The van der Waals surface area contributed by atoms with Gasteiger partial charge in [-0.05, 0) is 12.1 Å². The molecule has 0 radical (unpaired) electrons. The van der Waals surface area contributed by atoms with Crippen molar-refractivity contribution < 1.29 is 4.42 Å². The largest absolute Gasteiger partial charge is 0.417 e. The summed E-state index contributed by atoms with van der Waals surface area (Å²) < 4.78 is 4.76. The van der Waals surface area contributed by atoms with E-state index < -0.39 is 5.76 Å². The summed E-state index contributed by atoms with van der Waals surface area (Å²) in [6.45, 7) is 0. The first-order valence-corrected chi connectivity index (χ1v) is 3.63. The van der Waals surface area contributed by atoms with Gasteiger partial charge >= 0.3 is 5.76 Å². The third kappa shape index (κ3) is 0.887. The predicted molar refractivity (Wildman–Crippen MR) is 46.3 cm³/mol. The summed E-state index contributed by atoms with van der Waals surface area (Å²) in [4.78, 5) is 13.2. The van der Waals surface area contributed by atoms with E-state index in [1.165, 1.54) is 0 Å². The maximum Gasteiger partial charge on any atom is 0.417 e. The molecule has 0 saturated carbocycles. The second-order valence-corrected chi connectivity index (χ2v) is 2.74. The van der Waals surface area contributed by atoms with Gasteiger partial charge < -0.3 is 10.2 Å². The molecule has 0 bridgehead atoms. The van der Waals surface area contributed by atoms with E-state index in [0.29, 0.717) is 16.8 Å². The van der Waals surface area contributed by atoms with E-state index >= 15 is 0 Å². The van der Waals surface area contributed by atoms with Crippen molar-refractivity contribution in [2.75, 3.05) is 5.73 Å². The lowest BCUT2D eigenvalue weighted by Crippen LogP contribution is -1.92. The highest BCUT2D eigenvalue weighted by Gasteiger charge is 2.07. The lowest BCUT2D eigenvalue weighted by Gasteiger charge is -1.94. The molecular formula is C7H5ClN2O2. The van der Waals surface area contributed by atoms with Crippen LogP contribution >= 0.6 is 11.6 Å². The highest BCUT2D eigenvalue weighted by atomic mass is 35.5. The zero-order valence-electron chi connectivity index (χ0n) is 5.93. The molecule has 62 valence electrons. The minimum atomic E-state index is -0.530. The number of halogens is 1. The van der Waals surface area contributed by atoms with Gasteiger partial charge in [-0.2, -0.15) is 0 Å². The first-order chi connectivity index (χ1) is 5.68. The van der Waals surface area contributed by atoms with Crippen LogP contribution in [-0.2, 0) is 0 Å². The van der Waals surface area contributed by atoms with Crippen LogP contribution in [0.5, 0.6) is 0 Å². The number of nitrogens with two attached hydrogens (primary N) is 1. The molecule has 2 rings (SSSR count). The molecule has 1 heterocycles. The van der Waals surface area contributed by atoms with Crippen LogP contribution in [0.1, 0.15) is 0 Å². The smallest absolute Gasteiger partial charge is 0.406 e. The Morgan fingerprint density at radius 3 is 3.00 bits per heavy atom. The number of nitrogens with one attached hydrogen (secondary N) is 1. The summed E-state index contributed by atoms with van der Waals surface area (Å²) >= 11 is 5.76. The van der Waals surface area contributed by atoms with Crippen LogP contribution in [0.2, 0.25) is 5.02 Å². The molecule has 12 heavy (non-hydrogen) atoms. The molecule has 2 aromatic rings. The third-order valence-electron chi connectivity index (χ3n) is 1.56. The van der Waals surface area contributed by atoms with E-state index in [1.54, 1.807) is 12.1 Å². The van der Waals surface area contributed by atoms with Crippen LogP contribution in [-0.4, -0.2) is 4.98 Å². The topological polar surface area (TPSA) is 72.0 Å². The fourth-order valence-electron chi connectivity index (χ4n) is 0.998. The summed E-state index contributed by atoms with van der Waals surface area (Å²) in [5.74, 6) is -0.530. The van der Waals surface area contributed by atoms with Gasteiger partial charge in [0.25, 0.3) is 0 Å². The Labute approximate surface area is 71.9 Å². The van der Waals surface area contributed by atoms with E-state index in [4.69, 9.17) is 21.8 Å². The Hall–Kier alpha value is -1.42. The SMILES string of the molecule is Nc1ccc2[nH]c(=O)oc2c1Cl. The molecule has 0 aliphatic rings. The van der Waals surface area contributed by atoms with Crippen LogP contribution in [0.15, 0.2) is 21.3 Å². The van der Waals surface area contributed by atoms with Crippen molar-refractivity contribution in [1.29, 1.82) is 0 Å². The van der Waals surface area contributed by atoms with Crippen LogP contribution in [0.25, 0.3) is 11.1 Å². The molecule has 0 amide bonds. The van der Waals surface area contributed by atoms with Crippen molar-refractivity contribution in [1.82, 2.24) is 4.98 Å². The van der Waals surface area contributed by atoms with Crippen LogP contribution in [0.3, 0.4) is 0 Å². The summed E-state index contributed by atoms with van der Waals surface area (Å²) in [5.41, 5.74) is 6.74. The van der Waals surface area contributed by atoms with E-state index in [1.807, 2.05) is 0 Å². The van der Waals surface area contributed by atoms with E-state index in [2.05, 4.69) is 4.98 Å². The predicted octanol–water partition coefficient (Wildman–Crippen LogP) is 1.36. The van der Waals surface area contributed by atoms with Gasteiger partial charge in [-0.15, -0.1) is 0 Å². The number of nitrogen functional groups attached to an aromatic ring is 1. The molecule has 0 aliphatic carbocycles. The van der Waals surface area contributed by atoms with Gasteiger partial charge in [0.05, 0.1) is 11.2 Å². The van der Waals surface area contributed by atoms with Crippen LogP contribution in [0.4, 0.5) is 5.69 Å². The second-order valence-electron chi connectivity index (χ2n) is 2.36. The number of hydrogen-bond donors (Lipinski definition) is 2. The zero-order chi connectivity index (χ0) is 8.72. The lowest BCUT2D eigenvalue weighted by molar-refractivity contribution is 0.555. The molecule has 0 spiro atoms. The average molecular weight is 185 g/mol. The van der Waals surface area contributed by atoms with Gasteiger partial charge in [0, 0.05) is 0 Å². The van der Waals surface area contributed by atoms with Crippen molar-refractivity contribution in [2.24, 2.45) is 0 Å². The summed E-state index contributed by atoms with van der Waals surface area (Å²) in [7, 11) is 0. The van der Waals surface area contributed by atoms with Gasteiger partial charge in [-0.25, -0.2) is 4.79 Å². The number of H-pyrrole nitrogens is 1. The average Bonchev–Trinajstić information content (AvgIpc) is 2.39. The molecule has 0 fully saturated rings. The fourth-order valence-corrected chi connectivity index (χ4v) is 1.20. The standard InChI is InChI=1S/C7H5ClN2O2/c8-5-3(9)1-2-4-6(5)12-7(11)10-4/h1-2H,9H2,(H,10,11). The van der Waals surface area contributed by atoms with E-state index in [0.717, 1.165) is 0 Å². The molecule has 1 aromatic heterocycles. The van der Waals surface area contributed by atoms with Gasteiger partial charge in [0.15, 0.2) is 5.58 Å². The monoisotopic (exact) mass is 184 g/mol. The van der Waals surface area contributed by atoms with Gasteiger partial charge in [0.1, 0.15) is 5.02 Å². The van der Waals surface area contributed by atoms with Crippen LogP contribution in [0, 0.1) is 0 Å². The van der Waals surface area contributed by atoms with Crippen molar-refractivity contribution in [3.63, 3.8) is 0 Å². The number of benzene rings is 1. The van der Waals surface area contributed by atoms with Gasteiger partial charge in [-0.1, -0.05) is 11.6 Å². The first kappa shape index (κ1) is 7.24. The molecule has 0 aliphatic heterocycles. The number of hydrogen-bond acceptors (Lipinski definition) is 3. The Morgan fingerprint density at radius 2 is 2.25 bits per heavy atom. The number of aromatic amines is 1. The Bertz CT molecular complexity index is 486. The molecule has 0 atom stereocenters. The second kappa shape index (κ2) is 2.28. The number of fused-ring (bicyclic) bond motifs is 1. The zero-order valence-corrected chi connectivity index (χ0v) is 6.68. The Balaban J connectivity index is 2.99. The quantitative estimate of drug-likeness (QED) is 0.608. The maximum absolute atomic E-state index is 10.7. The molecule has 3 N–H and O–H groups in total. The maximum atomic E-state index is 10.7. The minimum Gasteiger partial charge on any atom is -0.406 e. The lowest BCUT2D eigenvalue weighted by atomic mass is 10.3. The number of rotatable bonds is 0. The molecule has 4 nitrogen and oxygen atoms in total. The molecule has 0 saturated heterocycles. The highest BCUT2D eigenvalue weighted by Crippen LogP contribution is 2.26. The summed E-state index contributed by atoms with van der Waals surface area (Å²) in [6.07, 6.45) is 0. The normalized spacial score (nSPS) is 10.8. The Morgan fingerprint density at radius 1 is 1.50 bits per heavy atom. The minimum absolute atomic E-state index is 0.269. The number of aromatic nitrogens is 1. The van der Waals surface area contributed by atoms with Crippen LogP contribution < -0.4 is 11.5 Å². The van der Waals surface area contributed by atoms with Gasteiger partial charge in [0.2, 0.25) is 0 Å². The number of oxazole rings is 1. The van der Waals surface area contributed by atoms with E-state index in [9.17, 15) is 4.79 Å². The number of anilines is 1. The molecule has 5 heteroatoms. The third-order valence-corrected chi connectivity index (χ3v) is 1.95. The molecule has 0 unspecified atom stereocenters.